The number of benzene rings is 2. The van der Waals surface area contributed by atoms with Gasteiger partial charge in [0.2, 0.25) is 0 Å². The fraction of sp³-hybridized carbons (Fsp3) is 0.100. The molecule has 1 N–H and O–H groups in total. The van der Waals surface area contributed by atoms with Crippen LogP contribution in [0.3, 0.4) is 0 Å². The summed E-state index contributed by atoms with van der Waals surface area (Å²) in [7, 11) is 0. The van der Waals surface area contributed by atoms with Gasteiger partial charge in [0.15, 0.2) is 0 Å². The maximum Gasteiger partial charge on any atom is 0.261 e. The number of amides is 1. The van der Waals surface area contributed by atoms with Crippen LogP contribution in [0.15, 0.2) is 59.1 Å². The Hall–Kier alpha value is -2.15. The minimum atomic E-state index is -0.113. The quantitative estimate of drug-likeness (QED) is 0.422. The molecule has 4 aromatic rings. The lowest BCUT2D eigenvalue weighted by Crippen LogP contribution is -2.21. The molecule has 0 bridgehead atoms. The summed E-state index contributed by atoms with van der Waals surface area (Å²) in [4.78, 5) is 14.2. The number of rotatable bonds is 4. The number of carbonyl (C=O) groups is 1. The van der Waals surface area contributed by atoms with Crippen LogP contribution >= 0.6 is 38.9 Å². The number of aryl methyl sites for hydroxylation is 1. The molecule has 27 heavy (non-hydrogen) atoms. The van der Waals surface area contributed by atoms with Crippen LogP contribution in [0, 0.1) is 6.92 Å². The zero-order valence-electron chi connectivity index (χ0n) is 14.4. The van der Waals surface area contributed by atoms with Crippen molar-refractivity contribution in [1.29, 1.82) is 0 Å². The second-order valence-electron chi connectivity index (χ2n) is 6.08. The molecule has 4 rings (SSSR count). The van der Waals surface area contributed by atoms with Crippen molar-refractivity contribution in [2.75, 3.05) is 0 Å². The lowest BCUT2D eigenvalue weighted by molar-refractivity contribution is 0.0955. The van der Waals surface area contributed by atoms with Crippen molar-refractivity contribution in [3.8, 4) is 5.69 Å². The van der Waals surface area contributed by atoms with E-state index in [1.165, 1.54) is 11.3 Å². The van der Waals surface area contributed by atoms with Gasteiger partial charge in [0, 0.05) is 21.4 Å². The van der Waals surface area contributed by atoms with Crippen molar-refractivity contribution in [2.24, 2.45) is 0 Å². The van der Waals surface area contributed by atoms with E-state index < -0.39 is 0 Å². The molecule has 0 radical (unpaired) electrons. The molecule has 136 valence electrons. The highest BCUT2D eigenvalue weighted by atomic mass is 79.9. The highest BCUT2D eigenvalue weighted by molar-refractivity contribution is 9.10. The molecule has 0 aliphatic rings. The third-order valence-electron chi connectivity index (χ3n) is 4.24. The van der Waals surface area contributed by atoms with Crippen molar-refractivity contribution in [3.05, 3.63) is 80.2 Å². The first-order chi connectivity index (χ1) is 13.0. The molecule has 2 heterocycles. The molecule has 0 saturated heterocycles. The monoisotopic (exact) mass is 459 g/mol. The number of nitrogens with one attached hydrogen (secondary N) is 1. The third-order valence-corrected chi connectivity index (χ3v) is 6.24. The Kier molecular flexibility index (Phi) is 5.04. The highest BCUT2D eigenvalue weighted by Gasteiger charge is 2.17. The van der Waals surface area contributed by atoms with E-state index in [0.717, 1.165) is 31.6 Å². The number of aromatic nitrogens is 2. The second kappa shape index (κ2) is 7.46. The number of hydrogen-bond acceptors (Lipinski definition) is 3. The molecule has 4 nitrogen and oxygen atoms in total. The van der Waals surface area contributed by atoms with E-state index in [4.69, 9.17) is 11.6 Å². The number of hydrogen-bond donors (Lipinski definition) is 1. The summed E-state index contributed by atoms with van der Waals surface area (Å²) in [5.74, 6) is -0.113. The Morgan fingerprint density at radius 3 is 2.70 bits per heavy atom. The molecule has 2 aromatic heterocycles. The van der Waals surface area contributed by atoms with Crippen LogP contribution in [0.25, 0.3) is 15.9 Å². The average molecular weight is 461 g/mol. The molecule has 7 heteroatoms. The maximum absolute atomic E-state index is 12.6. The number of carbonyl (C=O) groups excluding carboxylic acids is 1. The van der Waals surface area contributed by atoms with E-state index in [0.29, 0.717) is 16.4 Å². The minimum absolute atomic E-state index is 0.113. The van der Waals surface area contributed by atoms with Gasteiger partial charge in [0.05, 0.1) is 16.3 Å². The summed E-state index contributed by atoms with van der Waals surface area (Å²) in [5, 5.41) is 9.20. The molecule has 0 fully saturated rings. The van der Waals surface area contributed by atoms with Gasteiger partial charge in [-0.3, -0.25) is 4.79 Å². The Morgan fingerprint density at radius 1 is 1.22 bits per heavy atom. The van der Waals surface area contributed by atoms with Gasteiger partial charge in [-0.05, 0) is 48.9 Å². The van der Waals surface area contributed by atoms with Crippen LogP contribution in [-0.2, 0) is 6.54 Å². The molecular weight excluding hydrogens is 446 g/mol. The lowest BCUT2D eigenvalue weighted by Gasteiger charge is -2.05. The molecular formula is C20H15BrClN3OS. The van der Waals surface area contributed by atoms with Crippen molar-refractivity contribution in [2.45, 2.75) is 13.5 Å². The molecule has 0 aliphatic carbocycles. The molecule has 0 spiro atoms. The third kappa shape index (κ3) is 3.65. The normalized spacial score (nSPS) is 11.1. The van der Waals surface area contributed by atoms with E-state index >= 15 is 0 Å². The largest absolute Gasteiger partial charge is 0.347 e. The number of fused-ring (bicyclic) bond motifs is 1. The van der Waals surface area contributed by atoms with Gasteiger partial charge >= 0.3 is 0 Å². The Bertz CT molecular complexity index is 1130. The zero-order chi connectivity index (χ0) is 19.0. The summed E-state index contributed by atoms with van der Waals surface area (Å²) in [6.45, 7) is 2.35. The second-order valence-corrected chi connectivity index (χ2v) is 8.43. The first-order valence-corrected chi connectivity index (χ1v) is 10.3. The van der Waals surface area contributed by atoms with Gasteiger partial charge in [0.1, 0.15) is 4.83 Å². The molecule has 0 saturated carbocycles. The van der Waals surface area contributed by atoms with Crippen molar-refractivity contribution >= 4 is 55.0 Å². The fourth-order valence-corrected chi connectivity index (χ4v) is 4.39. The first kappa shape index (κ1) is 18.2. The van der Waals surface area contributed by atoms with E-state index in [9.17, 15) is 4.79 Å². The summed E-state index contributed by atoms with van der Waals surface area (Å²) in [6.07, 6.45) is 0. The standard InChI is InChI=1S/C20H15BrClN3OS/c1-12-16-10-18(19(26)23-11-13-4-2-3-5-17(13)22)27-20(16)25(24-12)15-8-6-14(21)7-9-15/h2-10H,11H2,1H3,(H,23,26). The van der Waals surface area contributed by atoms with Gasteiger partial charge in [-0.1, -0.05) is 45.7 Å². The van der Waals surface area contributed by atoms with E-state index in [1.807, 2.05) is 66.2 Å². The molecule has 0 atom stereocenters. The van der Waals surface area contributed by atoms with Gasteiger partial charge in [0.25, 0.3) is 5.91 Å². The predicted molar refractivity (Wildman–Crippen MR) is 114 cm³/mol. The van der Waals surface area contributed by atoms with Crippen molar-refractivity contribution in [3.63, 3.8) is 0 Å². The molecule has 2 aromatic carbocycles. The van der Waals surface area contributed by atoms with E-state index in [-0.39, 0.29) is 5.91 Å². The van der Waals surface area contributed by atoms with E-state index in [2.05, 4.69) is 26.3 Å². The van der Waals surface area contributed by atoms with Gasteiger partial charge in [-0.15, -0.1) is 11.3 Å². The minimum Gasteiger partial charge on any atom is -0.347 e. The van der Waals surface area contributed by atoms with E-state index in [1.54, 1.807) is 0 Å². The van der Waals surface area contributed by atoms with Gasteiger partial charge in [-0.2, -0.15) is 5.10 Å². The van der Waals surface area contributed by atoms with Crippen LogP contribution in [0.2, 0.25) is 5.02 Å². The van der Waals surface area contributed by atoms with Crippen LogP contribution in [-0.4, -0.2) is 15.7 Å². The van der Waals surface area contributed by atoms with Crippen molar-refractivity contribution < 1.29 is 4.79 Å². The molecule has 1 amide bonds. The van der Waals surface area contributed by atoms with Crippen LogP contribution in [0.5, 0.6) is 0 Å². The average Bonchev–Trinajstić information content (AvgIpc) is 3.22. The fourth-order valence-electron chi connectivity index (χ4n) is 2.82. The summed E-state index contributed by atoms with van der Waals surface area (Å²) >= 11 is 11.0. The zero-order valence-corrected chi connectivity index (χ0v) is 17.5. The number of halogens is 2. The lowest BCUT2D eigenvalue weighted by atomic mass is 10.2. The summed E-state index contributed by atoms with van der Waals surface area (Å²) in [5.41, 5.74) is 2.75. The number of nitrogens with zero attached hydrogens (tertiary/aromatic N) is 2. The van der Waals surface area contributed by atoms with Crippen LogP contribution in [0.4, 0.5) is 0 Å². The van der Waals surface area contributed by atoms with Crippen molar-refractivity contribution in [1.82, 2.24) is 15.1 Å². The topological polar surface area (TPSA) is 46.9 Å². The van der Waals surface area contributed by atoms with Crippen LogP contribution in [0.1, 0.15) is 20.9 Å². The first-order valence-electron chi connectivity index (χ1n) is 8.29. The van der Waals surface area contributed by atoms with Gasteiger partial charge in [-0.25, -0.2) is 4.68 Å². The number of thiophene rings is 1. The SMILES string of the molecule is Cc1nn(-c2ccc(Br)cc2)c2sc(C(=O)NCc3ccccc3Cl)cc12. The Labute approximate surface area is 173 Å². The Balaban J connectivity index is 1.61. The Morgan fingerprint density at radius 2 is 1.96 bits per heavy atom. The predicted octanol–water partition coefficient (Wildman–Crippen LogP) is 5.74. The molecule has 0 aliphatic heterocycles. The summed E-state index contributed by atoms with van der Waals surface area (Å²) in [6, 6.07) is 17.3. The maximum atomic E-state index is 12.6. The molecule has 0 unspecified atom stereocenters. The smallest absolute Gasteiger partial charge is 0.261 e. The summed E-state index contributed by atoms with van der Waals surface area (Å²) < 4.78 is 2.89. The van der Waals surface area contributed by atoms with Crippen LogP contribution < -0.4 is 5.32 Å². The highest BCUT2D eigenvalue weighted by Crippen LogP contribution is 2.30. The van der Waals surface area contributed by atoms with Gasteiger partial charge < -0.3 is 5.32 Å².